The van der Waals surface area contributed by atoms with E-state index in [1.165, 1.54) is 5.56 Å². The molecule has 1 N–H and O–H groups in total. The zero-order valence-electron chi connectivity index (χ0n) is 11.7. The highest BCUT2D eigenvalue weighted by Crippen LogP contribution is 2.38. The van der Waals surface area contributed by atoms with Gasteiger partial charge in [0.1, 0.15) is 5.75 Å². The highest BCUT2D eigenvalue weighted by atomic mass is 16.5. The molecule has 1 aromatic rings. The Hall–Kier alpha value is -1.02. The summed E-state index contributed by atoms with van der Waals surface area (Å²) in [4.78, 5) is 0. The zero-order chi connectivity index (χ0) is 12.9. The molecule has 1 rings (SSSR count). The molecule has 1 aromatic carbocycles. The van der Waals surface area contributed by atoms with Gasteiger partial charge >= 0.3 is 0 Å². The van der Waals surface area contributed by atoms with Crippen molar-refractivity contribution < 1.29 is 4.74 Å². The van der Waals surface area contributed by atoms with Gasteiger partial charge in [-0.05, 0) is 49.0 Å². The molecule has 1 atom stereocenters. The summed E-state index contributed by atoms with van der Waals surface area (Å²) in [6, 6.07) is 8.44. The molecule has 2 heteroatoms. The van der Waals surface area contributed by atoms with E-state index in [0.717, 1.165) is 18.7 Å². The maximum Gasteiger partial charge on any atom is 0.119 e. The van der Waals surface area contributed by atoms with Gasteiger partial charge in [0.05, 0.1) is 7.11 Å². The van der Waals surface area contributed by atoms with E-state index in [0.29, 0.717) is 5.92 Å². The van der Waals surface area contributed by atoms with E-state index < -0.39 is 0 Å². The Labute approximate surface area is 105 Å². The number of hydrogen-bond donors (Lipinski definition) is 1. The molecule has 96 valence electrons. The van der Waals surface area contributed by atoms with Gasteiger partial charge in [-0.25, -0.2) is 0 Å². The van der Waals surface area contributed by atoms with Gasteiger partial charge < -0.3 is 10.1 Å². The molecule has 0 saturated carbocycles. The molecule has 0 aliphatic carbocycles. The van der Waals surface area contributed by atoms with Crippen molar-refractivity contribution in [3.05, 3.63) is 29.8 Å². The lowest BCUT2D eigenvalue weighted by Crippen LogP contribution is -2.22. The number of hydrogen-bond acceptors (Lipinski definition) is 2. The lowest BCUT2D eigenvalue weighted by atomic mass is 9.74. The average Bonchev–Trinajstić information content (AvgIpc) is 2.28. The van der Waals surface area contributed by atoms with Crippen LogP contribution in [0.2, 0.25) is 0 Å². The van der Waals surface area contributed by atoms with E-state index in [1.807, 2.05) is 13.1 Å². The predicted octanol–water partition coefficient (Wildman–Crippen LogP) is 3.43. The first-order valence-electron chi connectivity index (χ1n) is 6.27. The SMILES string of the molecule is CNCCC(c1cccc(OC)c1)C(C)(C)C. The minimum Gasteiger partial charge on any atom is -0.497 e. The van der Waals surface area contributed by atoms with Crippen molar-refractivity contribution in [2.24, 2.45) is 5.41 Å². The van der Waals surface area contributed by atoms with Crippen molar-refractivity contribution in [2.45, 2.75) is 33.1 Å². The van der Waals surface area contributed by atoms with Crippen molar-refractivity contribution in [1.82, 2.24) is 5.32 Å². The molecule has 0 bridgehead atoms. The van der Waals surface area contributed by atoms with E-state index in [9.17, 15) is 0 Å². The molecular weight excluding hydrogens is 210 g/mol. The van der Waals surface area contributed by atoms with Crippen LogP contribution in [-0.2, 0) is 0 Å². The zero-order valence-corrected chi connectivity index (χ0v) is 11.7. The maximum atomic E-state index is 5.31. The Bertz CT molecular complexity index is 341. The summed E-state index contributed by atoms with van der Waals surface area (Å²) < 4.78 is 5.31. The first-order valence-corrected chi connectivity index (χ1v) is 6.27. The van der Waals surface area contributed by atoms with Gasteiger partial charge in [-0.1, -0.05) is 32.9 Å². The van der Waals surface area contributed by atoms with Crippen LogP contribution in [0, 0.1) is 5.41 Å². The summed E-state index contributed by atoms with van der Waals surface area (Å²) >= 11 is 0. The molecule has 17 heavy (non-hydrogen) atoms. The summed E-state index contributed by atoms with van der Waals surface area (Å²) in [6.07, 6.45) is 1.15. The first kappa shape index (κ1) is 14.0. The van der Waals surface area contributed by atoms with Gasteiger partial charge in [0.25, 0.3) is 0 Å². The Balaban J connectivity index is 2.95. The van der Waals surface area contributed by atoms with E-state index in [2.05, 4.69) is 44.3 Å². The third-order valence-electron chi connectivity index (χ3n) is 3.22. The van der Waals surface area contributed by atoms with Crippen molar-refractivity contribution in [2.75, 3.05) is 20.7 Å². The van der Waals surface area contributed by atoms with Crippen LogP contribution in [0.4, 0.5) is 0 Å². The third-order valence-corrected chi connectivity index (χ3v) is 3.22. The van der Waals surface area contributed by atoms with Gasteiger partial charge in [-0.2, -0.15) is 0 Å². The molecule has 2 nitrogen and oxygen atoms in total. The standard InChI is InChI=1S/C15H25NO/c1-15(2,3)14(9-10-16-4)12-7-6-8-13(11-12)17-5/h6-8,11,14,16H,9-10H2,1-5H3. The molecule has 0 fully saturated rings. The average molecular weight is 235 g/mol. The van der Waals surface area contributed by atoms with Crippen LogP contribution in [0.25, 0.3) is 0 Å². The molecule has 0 aliphatic rings. The highest BCUT2D eigenvalue weighted by Gasteiger charge is 2.25. The van der Waals surface area contributed by atoms with Gasteiger partial charge in [-0.3, -0.25) is 0 Å². The van der Waals surface area contributed by atoms with Crippen LogP contribution in [0.1, 0.15) is 38.7 Å². The van der Waals surface area contributed by atoms with Gasteiger partial charge in [-0.15, -0.1) is 0 Å². The minimum absolute atomic E-state index is 0.267. The number of benzene rings is 1. The molecular formula is C15H25NO. The highest BCUT2D eigenvalue weighted by molar-refractivity contribution is 5.31. The minimum atomic E-state index is 0.267. The summed E-state index contributed by atoms with van der Waals surface area (Å²) in [7, 11) is 3.73. The molecule has 0 spiro atoms. The third kappa shape index (κ3) is 4.04. The van der Waals surface area contributed by atoms with Crippen molar-refractivity contribution in [1.29, 1.82) is 0 Å². The van der Waals surface area contributed by atoms with Crippen LogP contribution in [0.3, 0.4) is 0 Å². The second-order valence-electron chi connectivity index (χ2n) is 5.59. The fourth-order valence-corrected chi connectivity index (χ4v) is 2.25. The molecule has 0 amide bonds. The molecule has 0 heterocycles. The van der Waals surface area contributed by atoms with Crippen molar-refractivity contribution in [3.8, 4) is 5.75 Å². The number of rotatable bonds is 5. The quantitative estimate of drug-likeness (QED) is 0.844. The van der Waals surface area contributed by atoms with Gasteiger partial charge in [0, 0.05) is 0 Å². The topological polar surface area (TPSA) is 21.3 Å². The van der Waals surface area contributed by atoms with Crippen LogP contribution >= 0.6 is 0 Å². The van der Waals surface area contributed by atoms with Crippen LogP contribution in [0.5, 0.6) is 5.75 Å². The number of ether oxygens (including phenoxy) is 1. The largest absolute Gasteiger partial charge is 0.497 e. The second kappa shape index (κ2) is 6.06. The maximum absolute atomic E-state index is 5.31. The van der Waals surface area contributed by atoms with E-state index in [4.69, 9.17) is 4.74 Å². The normalized spacial score (nSPS) is 13.5. The summed E-state index contributed by atoms with van der Waals surface area (Å²) in [5.41, 5.74) is 1.63. The first-order chi connectivity index (χ1) is 7.99. The lowest BCUT2D eigenvalue weighted by molar-refractivity contribution is 0.302. The van der Waals surface area contributed by atoms with Crippen molar-refractivity contribution >= 4 is 0 Å². The lowest BCUT2D eigenvalue weighted by Gasteiger charge is -2.31. The molecule has 1 unspecified atom stereocenters. The molecule has 0 radical (unpaired) electrons. The number of nitrogens with one attached hydrogen (secondary N) is 1. The van der Waals surface area contributed by atoms with Crippen LogP contribution in [0.15, 0.2) is 24.3 Å². The fourth-order valence-electron chi connectivity index (χ4n) is 2.25. The summed E-state index contributed by atoms with van der Waals surface area (Å²) in [6.45, 7) is 7.94. The predicted molar refractivity (Wildman–Crippen MR) is 73.7 cm³/mol. The fraction of sp³-hybridized carbons (Fsp3) is 0.600. The Morgan fingerprint density at radius 1 is 1.29 bits per heavy atom. The monoisotopic (exact) mass is 235 g/mol. The van der Waals surface area contributed by atoms with E-state index in [-0.39, 0.29) is 5.41 Å². The van der Waals surface area contributed by atoms with E-state index >= 15 is 0 Å². The molecule has 0 aliphatic heterocycles. The Kier molecular flexibility index (Phi) is 5.01. The van der Waals surface area contributed by atoms with E-state index in [1.54, 1.807) is 7.11 Å². The Morgan fingerprint density at radius 3 is 2.53 bits per heavy atom. The summed E-state index contributed by atoms with van der Waals surface area (Å²) in [5, 5.41) is 3.24. The Morgan fingerprint density at radius 2 is 2.00 bits per heavy atom. The summed E-state index contributed by atoms with van der Waals surface area (Å²) in [5.74, 6) is 1.49. The van der Waals surface area contributed by atoms with Crippen LogP contribution in [-0.4, -0.2) is 20.7 Å². The number of methoxy groups -OCH3 is 1. The molecule has 0 saturated heterocycles. The van der Waals surface area contributed by atoms with Gasteiger partial charge in [0.2, 0.25) is 0 Å². The van der Waals surface area contributed by atoms with Crippen LogP contribution < -0.4 is 10.1 Å². The van der Waals surface area contributed by atoms with Crippen molar-refractivity contribution in [3.63, 3.8) is 0 Å². The van der Waals surface area contributed by atoms with Gasteiger partial charge in [0.15, 0.2) is 0 Å². The smallest absolute Gasteiger partial charge is 0.119 e. The second-order valence-corrected chi connectivity index (χ2v) is 5.59. The molecule has 0 aromatic heterocycles.